The molecule has 0 aromatic heterocycles. The second-order valence-corrected chi connectivity index (χ2v) is 7.18. The van der Waals surface area contributed by atoms with Gasteiger partial charge in [-0.25, -0.2) is 0 Å². The van der Waals surface area contributed by atoms with Gasteiger partial charge in [0.05, 0.1) is 5.75 Å². The van der Waals surface area contributed by atoms with E-state index in [4.69, 9.17) is 0 Å². The Bertz CT molecular complexity index is 654. The minimum atomic E-state index is 0.0832. The van der Waals surface area contributed by atoms with E-state index in [1.165, 1.54) is 37.1 Å². The van der Waals surface area contributed by atoms with E-state index in [9.17, 15) is 4.79 Å². The van der Waals surface area contributed by atoms with E-state index in [2.05, 4.69) is 28.4 Å². The first-order valence-corrected chi connectivity index (χ1v) is 9.53. The molecule has 1 aliphatic rings. The van der Waals surface area contributed by atoms with Gasteiger partial charge in [0.25, 0.3) is 0 Å². The van der Waals surface area contributed by atoms with Gasteiger partial charge in [0.15, 0.2) is 0 Å². The number of amides is 1. The lowest BCUT2D eigenvalue weighted by molar-refractivity contribution is -0.118. The number of nitrogens with one attached hydrogen (secondary N) is 1. The summed E-state index contributed by atoms with van der Waals surface area (Å²) < 4.78 is 0. The number of hydrogen-bond acceptors (Lipinski definition) is 3. The van der Waals surface area contributed by atoms with E-state index in [1.54, 1.807) is 11.8 Å². The van der Waals surface area contributed by atoms with Crippen molar-refractivity contribution in [2.24, 2.45) is 0 Å². The average Bonchev–Trinajstić information content (AvgIpc) is 3.13. The van der Waals surface area contributed by atoms with E-state index in [-0.39, 0.29) is 5.91 Å². The molecule has 0 spiro atoms. The van der Waals surface area contributed by atoms with Gasteiger partial charge in [-0.2, -0.15) is 0 Å². The third-order valence-corrected chi connectivity index (χ3v) is 5.31. The number of thioether (sulfide) groups is 1. The van der Waals surface area contributed by atoms with Gasteiger partial charge in [0, 0.05) is 18.0 Å². The zero-order chi connectivity index (χ0) is 16.6. The van der Waals surface area contributed by atoms with Crippen molar-refractivity contribution in [2.75, 3.05) is 18.8 Å². The number of carbonyl (C=O) groups is 1. The summed E-state index contributed by atoms with van der Waals surface area (Å²) in [6.45, 7) is 3.98. The summed E-state index contributed by atoms with van der Waals surface area (Å²) in [7, 11) is 0. The van der Waals surface area contributed by atoms with Crippen molar-refractivity contribution in [3.63, 3.8) is 0 Å². The second-order valence-electron chi connectivity index (χ2n) is 6.13. The summed E-state index contributed by atoms with van der Waals surface area (Å²) in [5.41, 5.74) is 2.55. The Morgan fingerprint density at radius 1 is 0.958 bits per heavy atom. The highest BCUT2D eigenvalue weighted by molar-refractivity contribution is 8.00. The lowest BCUT2D eigenvalue weighted by atomic mass is 10.1. The number of rotatable bonds is 7. The van der Waals surface area contributed by atoms with Crippen LogP contribution in [0.4, 0.5) is 0 Å². The fraction of sp³-hybridized carbons (Fsp3) is 0.350. The maximum Gasteiger partial charge on any atom is 0.230 e. The Balaban J connectivity index is 1.49. The Labute approximate surface area is 148 Å². The molecular formula is C20H24N2OS. The first-order chi connectivity index (χ1) is 11.8. The number of likely N-dealkylation sites (tertiary alicyclic amines) is 1. The first kappa shape index (κ1) is 17.1. The van der Waals surface area contributed by atoms with Crippen LogP contribution in [-0.2, 0) is 17.9 Å². The molecule has 3 nitrogen and oxygen atoms in total. The Hall–Kier alpha value is -1.78. The monoisotopic (exact) mass is 340 g/mol. The van der Waals surface area contributed by atoms with Crippen molar-refractivity contribution >= 4 is 17.7 Å². The van der Waals surface area contributed by atoms with Crippen molar-refractivity contribution in [1.29, 1.82) is 0 Å². The van der Waals surface area contributed by atoms with Gasteiger partial charge in [-0.3, -0.25) is 9.69 Å². The van der Waals surface area contributed by atoms with Crippen LogP contribution >= 0.6 is 11.8 Å². The normalized spacial score (nSPS) is 14.7. The lowest BCUT2D eigenvalue weighted by Crippen LogP contribution is -2.26. The molecule has 0 bridgehead atoms. The van der Waals surface area contributed by atoms with Crippen LogP contribution in [0.3, 0.4) is 0 Å². The molecule has 2 aromatic carbocycles. The van der Waals surface area contributed by atoms with E-state index < -0.39 is 0 Å². The van der Waals surface area contributed by atoms with Gasteiger partial charge < -0.3 is 5.32 Å². The van der Waals surface area contributed by atoms with E-state index >= 15 is 0 Å². The number of benzene rings is 2. The molecule has 0 unspecified atom stereocenters. The van der Waals surface area contributed by atoms with Crippen LogP contribution in [0.15, 0.2) is 59.5 Å². The van der Waals surface area contributed by atoms with Crippen LogP contribution in [0.5, 0.6) is 0 Å². The standard InChI is InChI=1S/C20H24N2OS/c23-20(16-24-19-10-2-1-3-11-19)21-14-17-8-4-5-9-18(17)15-22-12-6-7-13-22/h1-5,8-11H,6-7,12-16H2,(H,21,23). The topological polar surface area (TPSA) is 32.3 Å². The molecule has 1 amide bonds. The van der Waals surface area contributed by atoms with E-state index in [0.29, 0.717) is 12.3 Å². The molecule has 1 N–H and O–H groups in total. The number of nitrogens with zero attached hydrogens (tertiary/aromatic N) is 1. The van der Waals surface area contributed by atoms with Crippen LogP contribution in [-0.4, -0.2) is 29.6 Å². The van der Waals surface area contributed by atoms with Crippen molar-refractivity contribution in [3.05, 3.63) is 65.7 Å². The van der Waals surface area contributed by atoms with Gasteiger partial charge in [0.2, 0.25) is 5.91 Å². The third kappa shape index (κ3) is 5.11. The molecule has 4 heteroatoms. The molecule has 0 aliphatic carbocycles. The molecule has 1 saturated heterocycles. The number of hydrogen-bond donors (Lipinski definition) is 1. The third-order valence-electron chi connectivity index (χ3n) is 4.30. The fourth-order valence-electron chi connectivity index (χ4n) is 2.98. The minimum absolute atomic E-state index is 0.0832. The fourth-order valence-corrected chi connectivity index (χ4v) is 3.73. The van der Waals surface area contributed by atoms with Crippen LogP contribution in [0, 0.1) is 0 Å². The maximum absolute atomic E-state index is 12.1. The lowest BCUT2D eigenvalue weighted by Gasteiger charge is -2.17. The van der Waals surface area contributed by atoms with E-state index in [0.717, 1.165) is 11.4 Å². The molecule has 0 atom stereocenters. The predicted molar refractivity (Wildman–Crippen MR) is 100.0 cm³/mol. The van der Waals surface area contributed by atoms with Crippen LogP contribution in [0.1, 0.15) is 24.0 Å². The summed E-state index contributed by atoms with van der Waals surface area (Å²) in [4.78, 5) is 15.7. The summed E-state index contributed by atoms with van der Waals surface area (Å²) in [6, 6.07) is 18.5. The predicted octanol–water partition coefficient (Wildman–Crippen LogP) is 3.69. The Morgan fingerprint density at radius 2 is 1.62 bits per heavy atom. The SMILES string of the molecule is O=C(CSc1ccccc1)NCc1ccccc1CN1CCCC1. The summed E-state index contributed by atoms with van der Waals surface area (Å²) in [5, 5.41) is 3.06. The van der Waals surface area contributed by atoms with E-state index in [1.807, 2.05) is 36.4 Å². The molecular weight excluding hydrogens is 316 g/mol. The maximum atomic E-state index is 12.1. The van der Waals surface area contributed by atoms with Crippen molar-refractivity contribution in [2.45, 2.75) is 30.8 Å². The number of carbonyl (C=O) groups excluding carboxylic acids is 1. The van der Waals surface area contributed by atoms with Crippen LogP contribution in [0.2, 0.25) is 0 Å². The largest absolute Gasteiger partial charge is 0.351 e. The molecule has 1 fully saturated rings. The van der Waals surface area contributed by atoms with Crippen molar-refractivity contribution in [1.82, 2.24) is 10.2 Å². The molecule has 1 heterocycles. The average molecular weight is 340 g/mol. The minimum Gasteiger partial charge on any atom is -0.351 e. The summed E-state index contributed by atoms with van der Waals surface area (Å²) in [6.07, 6.45) is 2.60. The smallest absolute Gasteiger partial charge is 0.230 e. The molecule has 0 radical (unpaired) electrons. The molecule has 3 rings (SSSR count). The highest BCUT2D eigenvalue weighted by Crippen LogP contribution is 2.18. The van der Waals surface area contributed by atoms with Crippen LogP contribution in [0.25, 0.3) is 0 Å². The summed E-state index contributed by atoms with van der Waals surface area (Å²) >= 11 is 1.57. The molecule has 126 valence electrons. The van der Waals surface area contributed by atoms with Crippen LogP contribution < -0.4 is 5.32 Å². The Morgan fingerprint density at radius 3 is 2.38 bits per heavy atom. The molecule has 2 aromatic rings. The Kier molecular flexibility index (Phi) is 6.33. The van der Waals surface area contributed by atoms with Gasteiger partial charge in [-0.1, -0.05) is 42.5 Å². The summed E-state index contributed by atoms with van der Waals surface area (Å²) in [5.74, 6) is 0.540. The second kappa shape index (κ2) is 8.90. The van der Waals surface area contributed by atoms with Gasteiger partial charge in [-0.05, 0) is 49.2 Å². The molecule has 1 aliphatic heterocycles. The van der Waals surface area contributed by atoms with Crippen molar-refractivity contribution < 1.29 is 4.79 Å². The highest BCUT2D eigenvalue weighted by atomic mass is 32.2. The van der Waals surface area contributed by atoms with Crippen molar-refractivity contribution in [3.8, 4) is 0 Å². The quantitative estimate of drug-likeness (QED) is 0.780. The van der Waals surface area contributed by atoms with Gasteiger partial charge in [-0.15, -0.1) is 11.8 Å². The molecule has 0 saturated carbocycles. The zero-order valence-corrected chi connectivity index (χ0v) is 14.7. The highest BCUT2D eigenvalue weighted by Gasteiger charge is 2.13. The first-order valence-electron chi connectivity index (χ1n) is 8.55. The zero-order valence-electron chi connectivity index (χ0n) is 13.9. The molecule has 24 heavy (non-hydrogen) atoms. The van der Waals surface area contributed by atoms with Gasteiger partial charge >= 0.3 is 0 Å². The van der Waals surface area contributed by atoms with Gasteiger partial charge in [0.1, 0.15) is 0 Å².